The van der Waals surface area contributed by atoms with Crippen LogP contribution in [0.1, 0.15) is 20.8 Å². The van der Waals surface area contributed by atoms with E-state index in [1.807, 2.05) is 6.07 Å². The van der Waals surface area contributed by atoms with Crippen molar-refractivity contribution < 1.29 is 13.2 Å². The van der Waals surface area contributed by atoms with Crippen LogP contribution in [0.5, 0.6) is 0 Å². The van der Waals surface area contributed by atoms with Gasteiger partial charge in [-0.05, 0) is 18.1 Å². The first-order chi connectivity index (χ1) is 8.92. The number of anilines is 1. The van der Waals surface area contributed by atoms with Crippen molar-refractivity contribution in [1.82, 2.24) is 0 Å². The summed E-state index contributed by atoms with van der Waals surface area (Å²) in [6.45, 7) is 6.35. The van der Waals surface area contributed by atoms with Crippen LogP contribution in [0.3, 0.4) is 0 Å². The highest BCUT2D eigenvalue weighted by atomic mass is 32.2. The molecule has 0 aliphatic rings. The molecule has 1 atom stereocenters. The van der Waals surface area contributed by atoms with Crippen LogP contribution in [0.4, 0.5) is 5.69 Å². The molecule has 0 aromatic heterocycles. The van der Waals surface area contributed by atoms with Gasteiger partial charge in [-0.15, -0.1) is 0 Å². The predicted molar refractivity (Wildman–Crippen MR) is 78.3 cm³/mol. The van der Waals surface area contributed by atoms with Crippen molar-refractivity contribution in [2.24, 2.45) is 5.92 Å². The molecule has 19 heavy (non-hydrogen) atoms. The number of hydrogen-bond acceptors (Lipinski definition) is 4. The molecule has 0 aliphatic heterocycles. The summed E-state index contributed by atoms with van der Waals surface area (Å²) in [6.07, 6.45) is 0. The van der Waals surface area contributed by atoms with Gasteiger partial charge in [-0.25, -0.2) is 8.42 Å². The van der Waals surface area contributed by atoms with Gasteiger partial charge < -0.3 is 10.1 Å². The summed E-state index contributed by atoms with van der Waals surface area (Å²) in [5.41, 5.74) is 0.653. The summed E-state index contributed by atoms with van der Waals surface area (Å²) in [6, 6.07) is 7.10. The summed E-state index contributed by atoms with van der Waals surface area (Å²) in [5.74, 6) is 0.444. The van der Waals surface area contributed by atoms with E-state index in [2.05, 4.69) is 19.2 Å². The minimum Gasteiger partial charge on any atom is -0.383 e. The highest BCUT2D eigenvalue weighted by molar-refractivity contribution is 7.91. The molecule has 0 saturated heterocycles. The third-order valence-corrected chi connectivity index (χ3v) is 4.88. The molecule has 5 heteroatoms. The molecule has 0 heterocycles. The molecule has 0 radical (unpaired) electrons. The van der Waals surface area contributed by atoms with E-state index in [1.54, 1.807) is 32.2 Å². The molecular weight excluding hydrogens is 262 g/mol. The first kappa shape index (κ1) is 16.0. The Bertz CT molecular complexity index is 497. The summed E-state index contributed by atoms with van der Waals surface area (Å²) < 4.78 is 29.3. The maximum atomic E-state index is 12.1. The van der Waals surface area contributed by atoms with Gasteiger partial charge in [0.05, 0.1) is 29.0 Å². The SMILES string of the molecule is CCS(=O)(=O)c1ccccc1NC(COC)C(C)C. The highest BCUT2D eigenvalue weighted by Crippen LogP contribution is 2.24. The molecule has 1 aromatic rings. The molecular formula is C14H23NO3S. The highest BCUT2D eigenvalue weighted by Gasteiger charge is 2.19. The molecule has 0 amide bonds. The molecule has 0 bridgehead atoms. The van der Waals surface area contributed by atoms with Crippen LogP contribution in [-0.2, 0) is 14.6 Å². The fourth-order valence-corrected chi connectivity index (χ4v) is 2.85. The Morgan fingerprint density at radius 1 is 1.26 bits per heavy atom. The number of benzene rings is 1. The van der Waals surface area contributed by atoms with E-state index < -0.39 is 9.84 Å². The van der Waals surface area contributed by atoms with Crippen LogP contribution in [0.25, 0.3) is 0 Å². The number of hydrogen-bond donors (Lipinski definition) is 1. The topological polar surface area (TPSA) is 55.4 Å². The number of sulfone groups is 1. The molecule has 0 aliphatic carbocycles. The first-order valence-corrected chi connectivity index (χ1v) is 8.14. The summed E-state index contributed by atoms with van der Waals surface area (Å²) >= 11 is 0. The first-order valence-electron chi connectivity index (χ1n) is 6.49. The van der Waals surface area contributed by atoms with E-state index in [0.717, 1.165) is 0 Å². The maximum Gasteiger partial charge on any atom is 0.180 e. The average Bonchev–Trinajstić information content (AvgIpc) is 2.38. The van der Waals surface area contributed by atoms with Gasteiger partial charge in [0.25, 0.3) is 0 Å². The van der Waals surface area contributed by atoms with Gasteiger partial charge >= 0.3 is 0 Å². The van der Waals surface area contributed by atoms with Crippen molar-refractivity contribution in [1.29, 1.82) is 0 Å². The van der Waals surface area contributed by atoms with Crippen LogP contribution in [0.15, 0.2) is 29.2 Å². The van der Waals surface area contributed by atoms with Gasteiger partial charge in [0, 0.05) is 7.11 Å². The summed E-state index contributed by atoms with van der Waals surface area (Å²) in [4.78, 5) is 0.360. The third kappa shape index (κ3) is 4.21. The smallest absolute Gasteiger partial charge is 0.180 e. The van der Waals surface area contributed by atoms with Gasteiger partial charge in [0.1, 0.15) is 0 Å². The van der Waals surface area contributed by atoms with Crippen molar-refractivity contribution in [2.75, 3.05) is 24.8 Å². The van der Waals surface area contributed by atoms with Crippen molar-refractivity contribution in [2.45, 2.75) is 31.7 Å². The molecule has 1 unspecified atom stereocenters. The largest absolute Gasteiger partial charge is 0.383 e. The predicted octanol–water partition coefficient (Wildman–Crippen LogP) is 2.56. The maximum absolute atomic E-state index is 12.1. The molecule has 0 fully saturated rings. The van der Waals surface area contributed by atoms with E-state index in [-0.39, 0.29) is 11.8 Å². The van der Waals surface area contributed by atoms with Crippen LogP contribution in [0.2, 0.25) is 0 Å². The molecule has 4 nitrogen and oxygen atoms in total. The minimum atomic E-state index is -3.22. The second-order valence-corrected chi connectivity index (χ2v) is 7.10. The van der Waals surface area contributed by atoms with E-state index in [0.29, 0.717) is 23.1 Å². The zero-order chi connectivity index (χ0) is 14.5. The summed E-state index contributed by atoms with van der Waals surface area (Å²) in [5, 5.41) is 3.28. The van der Waals surface area contributed by atoms with Gasteiger partial charge in [0.15, 0.2) is 9.84 Å². The fraction of sp³-hybridized carbons (Fsp3) is 0.571. The fourth-order valence-electron chi connectivity index (χ4n) is 1.79. The Morgan fingerprint density at radius 3 is 2.42 bits per heavy atom. The second-order valence-electron chi connectivity index (χ2n) is 4.85. The number of ether oxygens (including phenoxy) is 1. The summed E-state index contributed by atoms with van der Waals surface area (Å²) in [7, 11) is -1.57. The van der Waals surface area contributed by atoms with E-state index in [1.165, 1.54) is 0 Å². The Morgan fingerprint density at radius 2 is 1.89 bits per heavy atom. The molecule has 0 saturated carbocycles. The second kappa shape index (κ2) is 6.91. The van der Waals surface area contributed by atoms with Gasteiger partial charge in [-0.3, -0.25) is 0 Å². The standard InChI is InChI=1S/C14H23NO3S/c1-5-19(16,17)14-9-7-6-8-12(14)15-13(10-18-4)11(2)3/h6-9,11,13,15H,5,10H2,1-4H3. The van der Waals surface area contributed by atoms with Crippen molar-refractivity contribution in [3.8, 4) is 0 Å². The normalized spacial score (nSPS) is 13.5. The Kier molecular flexibility index (Phi) is 5.82. The van der Waals surface area contributed by atoms with Gasteiger partial charge in [-0.1, -0.05) is 32.9 Å². The molecule has 108 valence electrons. The molecule has 1 rings (SSSR count). The zero-order valence-corrected chi connectivity index (χ0v) is 12.8. The molecule has 1 N–H and O–H groups in total. The van der Waals surface area contributed by atoms with Crippen LogP contribution in [0, 0.1) is 5.92 Å². The van der Waals surface area contributed by atoms with Gasteiger partial charge in [0.2, 0.25) is 0 Å². The Labute approximate surface area is 116 Å². The minimum absolute atomic E-state index is 0.0817. The quantitative estimate of drug-likeness (QED) is 0.836. The van der Waals surface area contributed by atoms with E-state index in [9.17, 15) is 8.42 Å². The lowest BCUT2D eigenvalue weighted by molar-refractivity contribution is 0.171. The molecule has 1 aromatic carbocycles. The Balaban J connectivity index is 3.07. The molecule has 0 spiro atoms. The monoisotopic (exact) mass is 285 g/mol. The lowest BCUT2D eigenvalue weighted by Gasteiger charge is -2.24. The van der Waals surface area contributed by atoms with E-state index in [4.69, 9.17) is 4.74 Å². The van der Waals surface area contributed by atoms with Crippen LogP contribution in [-0.4, -0.2) is 33.9 Å². The Hall–Kier alpha value is -1.07. The lowest BCUT2D eigenvalue weighted by atomic mass is 10.1. The zero-order valence-electron chi connectivity index (χ0n) is 12.0. The lowest BCUT2D eigenvalue weighted by Crippen LogP contribution is -2.31. The van der Waals surface area contributed by atoms with Crippen molar-refractivity contribution in [3.05, 3.63) is 24.3 Å². The van der Waals surface area contributed by atoms with Crippen LogP contribution >= 0.6 is 0 Å². The number of para-hydroxylation sites is 1. The van der Waals surface area contributed by atoms with Gasteiger partial charge in [-0.2, -0.15) is 0 Å². The van der Waals surface area contributed by atoms with Crippen molar-refractivity contribution >= 4 is 15.5 Å². The van der Waals surface area contributed by atoms with E-state index >= 15 is 0 Å². The third-order valence-electron chi connectivity index (χ3n) is 3.09. The number of nitrogens with one attached hydrogen (secondary N) is 1. The number of rotatable bonds is 7. The number of methoxy groups -OCH3 is 1. The van der Waals surface area contributed by atoms with Crippen LogP contribution < -0.4 is 5.32 Å². The average molecular weight is 285 g/mol. The van der Waals surface area contributed by atoms with Crippen molar-refractivity contribution in [3.63, 3.8) is 0 Å².